The second kappa shape index (κ2) is 4.88. The predicted molar refractivity (Wildman–Crippen MR) is 42.5 cm³/mol. The van der Waals surface area contributed by atoms with Gasteiger partial charge in [-0.05, 0) is 12.8 Å². The first-order valence-electron chi connectivity index (χ1n) is 2.81. The van der Waals surface area contributed by atoms with Crippen molar-refractivity contribution in [2.45, 2.75) is 33.1 Å². The van der Waals surface area contributed by atoms with E-state index in [0.717, 1.165) is 0 Å². The van der Waals surface area contributed by atoms with Crippen molar-refractivity contribution in [1.82, 2.24) is 0 Å². The van der Waals surface area contributed by atoms with E-state index >= 15 is 0 Å². The van der Waals surface area contributed by atoms with Gasteiger partial charge in [0, 0.05) is 3.92 Å². The van der Waals surface area contributed by atoms with Crippen LogP contribution in [0.15, 0.2) is 0 Å². The maximum absolute atomic E-state index is 2.42. The molecule has 0 fully saturated rings. The monoisotopic (exact) mass is 211 g/mol. The molecule has 0 bridgehead atoms. The van der Waals surface area contributed by atoms with Gasteiger partial charge in [-0.25, -0.2) is 0 Å². The van der Waals surface area contributed by atoms with E-state index in [0.29, 0.717) is 0 Å². The normalized spacial score (nSPS) is 10.3. The van der Waals surface area contributed by atoms with Crippen LogP contribution in [-0.2, 0) is 0 Å². The van der Waals surface area contributed by atoms with Gasteiger partial charge in [0.25, 0.3) is 0 Å². The van der Waals surface area contributed by atoms with E-state index in [4.69, 9.17) is 0 Å². The molecule has 0 N–H and O–H groups in total. The van der Waals surface area contributed by atoms with E-state index in [2.05, 4.69) is 36.4 Å². The molecule has 0 aromatic carbocycles. The van der Waals surface area contributed by atoms with Crippen LogP contribution in [0, 0.1) is 3.92 Å². The predicted octanol–water partition coefficient (Wildman–Crippen LogP) is 3.16. The molecule has 0 saturated heterocycles. The van der Waals surface area contributed by atoms with Gasteiger partial charge in [-0.3, -0.25) is 0 Å². The van der Waals surface area contributed by atoms with Crippen molar-refractivity contribution in [3.8, 4) is 0 Å². The third-order valence-electron chi connectivity index (χ3n) is 0.905. The molecule has 43 valence electrons. The van der Waals surface area contributed by atoms with Gasteiger partial charge in [0.1, 0.15) is 0 Å². The summed E-state index contributed by atoms with van der Waals surface area (Å²) in [7, 11) is 0. The van der Waals surface area contributed by atoms with Crippen LogP contribution in [0.5, 0.6) is 0 Å². The molecule has 0 heterocycles. The Kier molecular flexibility index (Phi) is 5.39. The van der Waals surface area contributed by atoms with Crippen molar-refractivity contribution >= 4 is 22.6 Å². The summed E-state index contributed by atoms with van der Waals surface area (Å²) in [5, 5.41) is 0. The van der Waals surface area contributed by atoms with Gasteiger partial charge < -0.3 is 0 Å². The first kappa shape index (κ1) is 7.73. The standard InChI is InChI=1S/C6H12I/c1-3-5-6(7)4-2/h3-5H2,1-2H3. The van der Waals surface area contributed by atoms with Crippen molar-refractivity contribution in [2.75, 3.05) is 0 Å². The summed E-state index contributed by atoms with van der Waals surface area (Å²) in [6.07, 6.45) is 3.84. The van der Waals surface area contributed by atoms with Crippen LogP contribution in [0.2, 0.25) is 0 Å². The molecule has 0 nitrogen and oxygen atoms in total. The van der Waals surface area contributed by atoms with E-state index in [1.165, 1.54) is 19.3 Å². The quantitative estimate of drug-likeness (QED) is 0.629. The maximum Gasteiger partial charge on any atom is 0.0365 e. The van der Waals surface area contributed by atoms with Gasteiger partial charge in [-0.2, -0.15) is 0 Å². The molecule has 1 radical (unpaired) electrons. The minimum atomic E-state index is 1.24. The summed E-state index contributed by atoms with van der Waals surface area (Å²) in [6.45, 7) is 4.42. The van der Waals surface area contributed by atoms with E-state index in [-0.39, 0.29) is 0 Å². The maximum atomic E-state index is 2.42. The highest BCUT2D eigenvalue weighted by atomic mass is 127. The van der Waals surface area contributed by atoms with Crippen LogP contribution >= 0.6 is 22.6 Å². The Morgan fingerprint density at radius 3 is 2.14 bits per heavy atom. The molecule has 0 aliphatic rings. The van der Waals surface area contributed by atoms with Crippen LogP contribution < -0.4 is 0 Å². The average molecular weight is 211 g/mol. The first-order chi connectivity index (χ1) is 3.31. The largest absolute Gasteiger partial charge is 0.0774 e. The SMILES string of the molecule is CCC[C](I)CC. The van der Waals surface area contributed by atoms with E-state index < -0.39 is 0 Å². The highest BCUT2D eigenvalue weighted by Crippen LogP contribution is 2.20. The van der Waals surface area contributed by atoms with Crippen molar-refractivity contribution in [3.63, 3.8) is 0 Å². The van der Waals surface area contributed by atoms with Gasteiger partial charge >= 0.3 is 0 Å². The number of rotatable bonds is 3. The Morgan fingerprint density at radius 1 is 1.43 bits per heavy atom. The summed E-state index contributed by atoms with van der Waals surface area (Å²) in [5.74, 6) is 0. The average Bonchev–Trinajstić information content (AvgIpc) is 1.68. The molecule has 0 aromatic heterocycles. The van der Waals surface area contributed by atoms with Crippen molar-refractivity contribution < 1.29 is 0 Å². The molecule has 0 aliphatic carbocycles. The molecule has 0 saturated carbocycles. The van der Waals surface area contributed by atoms with Crippen LogP contribution in [0.1, 0.15) is 33.1 Å². The molecule has 0 spiro atoms. The van der Waals surface area contributed by atoms with Crippen molar-refractivity contribution in [1.29, 1.82) is 0 Å². The molecular weight excluding hydrogens is 199 g/mol. The van der Waals surface area contributed by atoms with E-state index in [1.807, 2.05) is 0 Å². The number of halogens is 1. The third kappa shape index (κ3) is 4.59. The van der Waals surface area contributed by atoms with Gasteiger partial charge in [0.15, 0.2) is 0 Å². The molecule has 0 atom stereocenters. The van der Waals surface area contributed by atoms with Gasteiger partial charge in [-0.1, -0.05) is 42.9 Å². The van der Waals surface area contributed by atoms with Crippen LogP contribution in [0.25, 0.3) is 0 Å². The van der Waals surface area contributed by atoms with Gasteiger partial charge in [-0.15, -0.1) is 0 Å². The summed E-state index contributed by atoms with van der Waals surface area (Å²) in [4.78, 5) is 0. The molecular formula is C6H12I. The fourth-order valence-corrected chi connectivity index (χ4v) is 0.987. The Balaban J connectivity index is 2.83. The Morgan fingerprint density at radius 2 is 2.00 bits per heavy atom. The Labute approximate surface area is 59.8 Å². The zero-order valence-electron chi connectivity index (χ0n) is 5.00. The summed E-state index contributed by atoms with van der Waals surface area (Å²) >= 11 is 2.42. The van der Waals surface area contributed by atoms with E-state index in [1.54, 1.807) is 3.92 Å². The molecule has 0 unspecified atom stereocenters. The molecule has 0 aliphatic heterocycles. The van der Waals surface area contributed by atoms with Gasteiger partial charge in [0.05, 0.1) is 0 Å². The lowest BCUT2D eigenvalue weighted by molar-refractivity contribution is 0.841. The van der Waals surface area contributed by atoms with Crippen LogP contribution in [0.3, 0.4) is 0 Å². The molecule has 0 amide bonds. The van der Waals surface area contributed by atoms with Crippen LogP contribution in [-0.4, -0.2) is 0 Å². The zero-order chi connectivity index (χ0) is 5.70. The molecule has 0 aromatic rings. The van der Waals surface area contributed by atoms with Crippen LogP contribution in [0.4, 0.5) is 0 Å². The first-order valence-corrected chi connectivity index (χ1v) is 3.89. The highest BCUT2D eigenvalue weighted by Gasteiger charge is 1.95. The summed E-state index contributed by atoms with van der Waals surface area (Å²) < 4.78 is 1.60. The number of hydrogen-bond donors (Lipinski definition) is 0. The lowest BCUT2D eigenvalue weighted by atomic mass is 10.2. The molecule has 0 rings (SSSR count). The van der Waals surface area contributed by atoms with Crippen molar-refractivity contribution in [2.24, 2.45) is 0 Å². The van der Waals surface area contributed by atoms with E-state index in [9.17, 15) is 0 Å². The highest BCUT2D eigenvalue weighted by molar-refractivity contribution is 14.1. The Bertz CT molecular complexity index is 35.2. The minimum Gasteiger partial charge on any atom is -0.0774 e. The topological polar surface area (TPSA) is 0 Å². The third-order valence-corrected chi connectivity index (χ3v) is 2.21. The fourth-order valence-electron chi connectivity index (χ4n) is 0.448. The number of hydrogen-bond acceptors (Lipinski definition) is 0. The Hall–Kier alpha value is 0.730. The summed E-state index contributed by atoms with van der Waals surface area (Å²) in [5.41, 5.74) is 0. The van der Waals surface area contributed by atoms with Gasteiger partial charge in [0.2, 0.25) is 0 Å². The molecule has 7 heavy (non-hydrogen) atoms. The lowest BCUT2D eigenvalue weighted by Crippen LogP contribution is -1.80. The smallest absolute Gasteiger partial charge is 0.0365 e. The lowest BCUT2D eigenvalue weighted by Gasteiger charge is -1.99. The minimum absolute atomic E-state index is 1.24. The van der Waals surface area contributed by atoms with Crippen molar-refractivity contribution in [3.05, 3.63) is 3.92 Å². The summed E-state index contributed by atoms with van der Waals surface area (Å²) in [6, 6.07) is 0. The fraction of sp³-hybridized carbons (Fsp3) is 0.833. The zero-order valence-corrected chi connectivity index (χ0v) is 7.16. The second-order valence-corrected chi connectivity index (χ2v) is 3.15. The molecule has 1 heteroatoms. The second-order valence-electron chi connectivity index (χ2n) is 1.62.